The van der Waals surface area contributed by atoms with Gasteiger partial charge in [-0.05, 0) is 36.2 Å². The quantitative estimate of drug-likeness (QED) is 0.580. The Morgan fingerprint density at radius 2 is 1.86 bits per heavy atom. The van der Waals surface area contributed by atoms with Crippen LogP contribution in [-0.2, 0) is 6.61 Å². The summed E-state index contributed by atoms with van der Waals surface area (Å²) < 4.78 is 6.13. The summed E-state index contributed by atoms with van der Waals surface area (Å²) in [6.45, 7) is 3.23. The average molecular weight is 405 g/mol. The van der Waals surface area contributed by atoms with E-state index in [-0.39, 0.29) is 11.4 Å². The molecular formula is C24H24N2O2S. The van der Waals surface area contributed by atoms with Crippen LogP contribution in [0.5, 0.6) is 5.75 Å². The molecule has 4 rings (SSSR count). The van der Waals surface area contributed by atoms with Gasteiger partial charge in [0.15, 0.2) is 0 Å². The van der Waals surface area contributed by atoms with Crippen LogP contribution in [0.1, 0.15) is 22.1 Å². The van der Waals surface area contributed by atoms with E-state index in [0.29, 0.717) is 13.2 Å². The number of hydrogen-bond acceptors (Lipinski definition) is 3. The maximum atomic E-state index is 13.0. The van der Waals surface area contributed by atoms with Crippen molar-refractivity contribution in [2.75, 3.05) is 17.6 Å². The Kier molecular flexibility index (Phi) is 6.06. The zero-order chi connectivity index (χ0) is 20.1. The summed E-state index contributed by atoms with van der Waals surface area (Å²) in [6.07, 6.45) is 0. The second kappa shape index (κ2) is 9.05. The monoisotopic (exact) mass is 404 g/mol. The van der Waals surface area contributed by atoms with E-state index in [1.165, 1.54) is 0 Å². The van der Waals surface area contributed by atoms with E-state index in [0.717, 1.165) is 33.9 Å². The number of anilines is 1. The van der Waals surface area contributed by atoms with Crippen LogP contribution in [0.15, 0.2) is 78.9 Å². The summed E-state index contributed by atoms with van der Waals surface area (Å²) in [5.41, 5.74) is 4.09. The Labute approximate surface area is 175 Å². The number of amides is 2. The number of benzene rings is 3. The highest BCUT2D eigenvalue weighted by molar-refractivity contribution is 7.99. The number of aryl methyl sites for hydroxylation is 1. The molecule has 0 bridgehead atoms. The van der Waals surface area contributed by atoms with Gasteiger partial charge in [-0.25, -0.2) is 4.79 Å². The third-order valence-corrected chi connectivity index (χ3v) is 6.09. The smallest absolute Gasteiger partial charge is 0.323 e. The first-order valence-corrected chi connectivity index (χ1v) is 10.8. The molecule has 1 aliphatic heterocycles. The predicted molar refractivity (Wildman–Crippen MR) is 119 cm³/mol. The van der Waals surface area contributed by atoms with Gasteiger partial charge in [-0.2, -0.15) is 0 Å². The number of carbonyl (C=O) groups is 1. The minimum absolute atomic E-state index is 0.0632. The van der Waals surface area contributed by atoms with E-state index in [1.807, 2.05) is 72.5 Å². The molecule has 0 aromatic heterocycles. The van der Waals surface area contributed by atoms with Crippen molar-refractivity contribution < 1.29 is 9.53 Å². The lowest BCUT2D eigenvalue weighted by Gasteiger charge is -2.26. The molecule has 0 saturated carbocycles. The van der Waals surface area contributed by atoms with Crippen LogP contribution in [-0.4, -0.2) is 23.2 Å². The summed E-state index contributed by atoms with van der Waals surface area (Å²) in [5.74, 6) is 1.72. The van der Waals surface area contributed by atoms with Gasteiger partial charge in [0.25, 0.3) is 0 Å². The SMILES string of the molecule is Cc1cccc(NC(=O)N2CCSC2c2ccccc2OCc2ccccc2)c1. The number of hydrogen-bond donors (Lipinski definition) is 1. The van der Waals surface area contributed by atoms with Crippen molar-refractivity contribution in [1.82, 2.24) is 4.90 Å². The van der Waals surface area contributed by atoms with Gasteiger partial charge in [-0.1, -0.05) is 60.7 Å². The van der Waals surface area contributed by atoms with Crippen LogP contribution in [0.4, 0.5) is 10.5 Å². The van der Waals surface area contributed by atoms with Gasteiger partial charge in [0, 0.05) is 23.5 Å². The third-order valence-electron chi connectivity index (χ3n) is 4.84. The first kappa shape index (κ1) is 19.4. The van der Waals surface area contributed by atoms with Crippen LogP contribution < -0.4 is 10.1 Å². The molecule has 1 saturated heterocycles. The maximum Gasteiger partial charge on any atom is 0.323 e. The van der Waals surface area contributed by atoms with Gasteiger partial charge < -0.3 is 15.0 Å². The lowest BCUT2D eigenvalue weighted by molar-refractivity contribution is 0.213. The standard InChI is InChI=1S/C24H24N2O2S/c1-18-8-7-11-20(16-18)25-24(27)26-14-15-29-23(26)21-12-5-6-13-22(21)28-17-19-9-3-2-4-10-19/h2-13,16,23H,14-15,17H2,1H3,(H,25,27). The largest absolute Gasteiger partial charge is 0.489 e. The highest BCUT2D eigenvalue weighted by Gasteiger charge is 2.32. The zero-order valence-corrected chi connectivity index (χ0v) is 17.2. The fourth-order valence-corrected chi connectivity index (χ4v) is 4.69. The molecule has 2 amide bonds. The molecule has 1 fully saturated rings. The van der Waals surface area contributed by atoms with Crippen molar-refractivity contribution in [2.45, 2.75) is 18.9 Å². The molecule has 3 aromatic rings. The van der Waals surface area contributed by atoms with Crippen LogP contribution >= 0.6 is 11.8 Å². The van der Waals surface area contributed by atoms with E-state index < -0.39 is 0 Å². The van der Waals surface area contributed by atoms with E-state index in [2.05, 4.69) is 23.5 Å². The van der Waals surface area contributed by atoms with E-state index in [1.54, 1.807) is 11.8 Å². The van der Waals surface area contributed by atoms with Crippen LogP contribution in [0.25, 0.3) is 0 Å². The zero-order valence-electron chi connectivity index (χ0n) is 16.4. The van der Waals surface area contributed by atoms with Crippen molar-refractivity contribution in [3.63, 3.8) is 0 Å². The van der Waals surface area contributed by atoms with Crippen LogP contribution in [0.3, 0.4) is 0 Å². The lowest BCUT2D eigenvalue weighted by atomic mass is 10.1. The third kappa shape index (κ3) is 4.74. The minimum atomic E-state index is -0.0801. The highest BCUT2D eigenvalue weighted by Crippen LogP contribution is 2.42. The van der Waals surface area contributed by atoms with E-state index >= 15 is 0 Å². The van der Waals surface area contributed by atoms with E-state index in [9.17, 15) is 4.79 Å². The predicted octanol–water partition coefficient (Wildman–Crippen LogP) is 5.85. The number of para-hydroxylation sites is 1. The topological polar surface area (TPSA) is 41.6 Å². The Hall–Kier alpha value is -2.92. The Morgan fingerprint density at radius 1 is 1.07 bits per heavy atom. The van der Waals surface area contributed by atoms with Gasteiger partial charge in [-0.15, -0.1) is 11.8 Å². The number of urea groups is 1. The molecular weight excluding hydrogens is 380 g/mol. The number of rotatable bonds is 5. The number of carbonyl (C=O) groups excluding carboxylic acids is 1. The normalized spacial score (nSPS) is 15.9. The summed E-state index contributed by atoms with van der Waals surface area (Å²) in [4.78, 5) is 14.8. The molecule has 29 heavy (non-hydrogen) atoms. The molecule has 1 N–H and O–H groups in total. The molecule has 0 spiro atoms. The molecule has 1 heterocycles. The first-order valence-electron chi connectivity index (χ1n) is 9.72. The van der Waals surface area contributed by atoms with Gasteiger partial charge in [0.2, 0.25) is 0 Å². The van der Waals surface area contributed by atoms with Crippen molar-refractivity contribution in [3.05, 3.63) is 95.6 Å². The molecule has 3 aromatic carbocycles. The fourth-order valence-electron chi connectivity index (χ4n) is 3.41. The molecule has 0 aliphatic carbocycles. The minimum Gasteiger partial charge on any atom is -0.489 e. The van der Waals surface area contributed by atoms with E-state index in [4.69, 9.17) is 4.74 Å². The number of thioether (sulfide) groups is 1. The van der Waals surface area contributed by atoms with Gasteiger partial charge in [0.1, 0.15) is 17.7 Å². The lowest BCUT2D eigenvalue weighted by Crippen LogP contribution is -2.34. The summed E-state index contributed by atoms with van der Waals surface area (Å²) in [6, 6.07) is 25.9. The highest BCUT2D eigenvalue weighted by atomic mass is 32.2. The first-order chi connectivity index (χ1) is 14.2. The molecule has 5 heteroatoms. The van der Waals surface area contributed by atoms with Gasteiger partial charge >= 0.3 is 6.03 Å². The molecule has 148 valence electrons. The molecule has 0 radical (unpaired) electrons. The van der Waals surface area contributed by atoms with Crippen molar-refractivity contribution in [2.24, 2.45) is 0 Å². The molecule has 1 aliphatic rings. The van der Waals surface area contributed by atoms with Crippen molar-refractivity contribution >= 4 is 23.5 Å². The number of nitrogens with one attached hydrogen (secondary N) is 1. The Morgan fingerprint density at radius 3 is 2.69 bits per heavy atom. The van der Waals surface area contributed by atoms with Gasteiger partial charge in [-0.3, -0.25) is 0 Å². The average Bonchev–Trinajstić information content (AvgIpc) is 3.23. The second-order valence-corrected chi connectivity index (χ2v) is 8.22. The van der Waals surface area contributed by atoms with Crippen LogP contribution in [0, 0.1) is 6.92 Å². The van der Waals surface area contributed by atoms with Crippen LogP contribution in [0.2, 0.25) is 0 Å². The molecule has 4 nitrogen and oxygen atoms in total. The Balaban J connectivity index is 1.50. The number of nitrogens with zero attached hydrogens (tertiary/aromatic N) is 1. The maximum absolute atomic E-state index is 13.0. The fraction of sp³-hybridized carbons (Fsp3) is 0.208. The summed E-state index contributed by atoms with van der Waals surface area (Å²) in [7, 11) is 0. The van der Waals surface area contributed by atoms with Crippen molar-refractivity contribution in [3.8, 4) is 5.75 Å². The molecule has 1 atom stereocenters. The summed E-state index contributed by atoms with van der Waals surface area (Å²) in [5, 5.41) is 2.97. The Bertz CT molecular complexity index is 977. The molecule has 1 unspecified atom stereocenters. The summed E-state index contributed by atoms with van der Waals surface area (Å²) >= 11 is 1.77. The van der Waals surface area contributed by atoms with Crippen molar-refractivity contribution in [1.29, 1.82) is 0 Å². The number of ether oxygens (including phenoxy) is 1. The second-order valence-electron chi connectivity index (χ2n) is 7.03. The van der Waals surface area contributed by atoms with Gasteiger partial charge in [0.05, 0.1) is 0 Å².